The van der Waals surface area contributed by atoms with E-state index in [1.807, 2.05) is 12.3 Å². The van der Waals surface area contributed by atoms with E-state index in [0.29, 0.717) is 16.5 Å². The van der Waals surface area contributed by atoms with Crippen molar-refractivity contribution in [1.29, 1.82) is 0 Å². The number of nitrogens with zero attached hydrogens (tertiary/aromatic N) is 1. The van der Waals surface area contributed by atoms with Crippen LogP contribution >= 0.6 is 22.9 Å². The molecule has 0 amide bonds. The Morgan fingerprint density at radius 3 is 2.58 bits per heavy atom. The lowest BCUT2D eigenvalue weighted by Gasteiger charge is -2.17. The number of halogens is 1. The van der Waals surface area contributed by atoms with E-state index in [4.69, 9.17) is 21.1 Å². The maximum atomic E-state index is 6.13. The second-order valence-corrected chi connectivity index (χ2v) is 5.26. The fraction of sp³-hybridized carbons (Fsp3) is 0.308. The molecule has 0 fully saturated rings. The Morgan fingerprint density at radius 1 is 1.26 bits per heavy atom. The molecule has 1 heterocycles. The quantitative estimate of drug-likeness (QED) is 0.906. The van der Waals surface area contributed by atoms with Gasteiger partial charge in [0.25, 0.3) is 0 Å². The normalized spacial score (nSPS) is 12.0. The lowest BCUT2D eigenvalue weighted by atomic mass is 10.2. The number of thiazole rings is 1. The van der Waals surface area contributed by atoms with Gasteiger partial charge in [-0.2, -0.15) is 0 Å². The number of ether oxygens (including phenoxy) is 2. The lowest BCUT2D eigenvalue weighted by Crippen LogP contribution is -2.07. The Hall–Kier alpha value is -1.46. The zero-order chi connectivity index (χ0) is 13.8. The van der Waals surface area contributed by atoms with Crippen molar-refractivity contribution in [3.8, 4) is 11.5 Å². The predicted octanol–water partition coefficient (Wildman–Crippen LogP) is 3.99. The van der Waals surface area contributed by atoms with Crippen LogP contribution in [-0.2, 0) is 0 Å². The van der Waals surface area contributed by atoms with E-state index in [1.54, 1.807) is 43.9 Å². The second kappa shape index (κ2) is 6.12. The molecule has 0 aliphatic rings. The zero-order valence-electron chi connectivity index (χ0n) is 10.9. The summed E-state index contributed by atoms with van der Waals surface area (Å²) < 4.78 is 10.5. The number of benzene rings is 1. The molecule has 0 aliphatic carbocycles. The van der Waals surface area contributed by atoms with Crippen molar-refractivity contribution in [2.75, 3.05) is 19.5 Å². The van der Waals surface area contributed by atoms with Crippen molar-refractivity contribution in [3.05, 3.63) is 33.7 Å². The molecule has 0 saturated carbocycles. The van der Waals surface area contributed by atoms with E-state index in [9.17, 15) is 0 Å². The summed E-state index contributed by atoms with van der Waals surface area (Å²) in [5.74, 6) is 1.27. The maximum absolute atomic E-state index is 6.13. The van der Waals surface area contributed by atoms with Gasteiger partial charge in [0.1, 0.15) is 16.5 Å². The minimum atomic E-state index is 0.0818. The molecule has 1 unspecified atom stereocenters. The molecule has 0 saturated heterocycles. The van der Waals surface area contributed by atoms with Gasteiger partial charge in [0.2, 0.25) is 0 Å². The molecule has 102 valence electrons. The van der Waals surface area contributed by atoms with Crippen molar-refractivity contribution >= 4 is 28.6 Å². The second-order valence-electron chi connectivity index (χ2n) is 3.92. The topological polar surface area (TPSA) is 43.4 Å². The van der Waals surface area contributed by atoms with Gasteiger partial charge < -0.3 is 14.8 Å². The fourth-order valence-electron chi connectivity index (χ4n) is 1.72. The highest BCUT2D eigenvalue weighted by atomic mass is 35.5. The van der Waals surface area contributed by atoms with Gasteiger partial charge in [0, 0.05) is 17.6 Å². The number of methoxy groups -OCH3 is 2. The molecule has 6 heteroatoms. The van der Waals surface area contributed by atoms with Crippen molar-refractivity contribution in [2.45, 2.75) is 13.0 Å². The lowest BCUT2D eigenvalue weighted by molar-refractivity contribution is 0.395. The Labute approximate surface area is 121 Å². The Kier molecular flexibility index (Phi) is 4.50. The van der Waals surface area contributed by atoms with Crippen molar-refractivity contribution < 1.29 is 9.47 Å². The van der Waals surface area contributed by atoms with E-state index in [2.05, 4.69) is 10.3 Å². The molecule has 1 atom stereocenters. The van der Waals surface area contributed by atoms with E-state index in [1.165, 1.54) is 0 Å². The third kappa shape index (κ3) is 3.11. The molecular formula is C13H15ClN2O2S. The Bertz CT molecular complexity index is 546. The predicted molar refractivity (Wildman–Crippen MR) is 78.7 cm³/mol. The van der Waals surface area contributed by atoms with Crippen LogP contribution < -0.4 is 14.8 Å². The molecule has 0 radical (unpaired) electrons. The first-order valence-corrected chi connectivity index (χ1v) is 6.99. The Balaban J connectivity index is 2.26. The van der Waals surface area contributed by atoms with Crippen LogP contribution in [0.25, 0.3) is 0 Å². The highest BCUT2D eigenvalue weighted by Crippen LogP contribution is 2.37. The van der Waals surface area contributed by atoms with Gasteiger partial charge in [0.15, 0.2) is 0 Å². The molecule has 0 spiro atoms. The average molecular weight is 299 g/mol. The largest absolute Gasteiger partial charge is 0.495 e. The number of nitrogens with one attached hydrogen (secondary N) is 1. The first kappa shape index (κ1) is 14.0. The molecule has 1 N–H and O–H groups in total. The molecule has 0 aliphatic heterocycles. The highest BCUT2D eigenvalue weighted by molar-refractivity contribution is 7.09. The van der Waals surface area contributed by atoms with Gasteiger partial charge in [-0.15, -0.1) is 11.3 Å². The van der Waals surface area contributed by atoms with Gasteiger partial charge in [0.05, 0.1) is 31.0 Å². The minimum absolute atomic E-state index is 0.0818. The van der Waals surface area contributed by atoms with Crippen LogP contribution in [0.15, 0.2) is 23.7 Å². The van der Waals surface area contributed by atoms with Crippen LogP contribution in [0, 0.1) is 0 Å². The van der Waals surface area contributed by atoms with Gasteiger partial charge in [-0.25, -0.2) is 4.98 Å². The number of hydrogen-bond acceptors (Lipinski definition) is 5. The summed E-state index contributed by atoms with van der Waals surface area (Å²) in [6, 6.07) is 3.64. The summed E-state index contributed by atoms with van der Waals surface area (Å²) in [5.41, 5.74) is 0.816. The van der Waals surface area contributed by atoms with E-state index < -0.39 is 0 Å². The summed E-state index contributed by atoms with van der Waals surface area (Å²) >= 11 is 7.74. The third-order valence-corrected chi connectivity index (χ3v) is 3.92. The monoisotopic (exact) mass is 298 g/mol. The van der Waals surface area contributed by atoms with Crippen LogP contribution in [0.5, 0.6) is 11.5 Å². The van der Waals surface area contributed by atoms with E-state index >= 15 is 0 Å². The van der Waals surface area contributed by atoms with Gasteiger partial charge in [-0.1, -0.05) is 11.6 Å². The number of hydrogen-bond donors (Lipinski definition) is 1. The zero-order valence-corrected chi connectivity index (χ0v) is 12.5. The third-order valence-electron chi connectivity index (χ3n) is 2.67. The first-order valence-electron chi connectivity index (χ1n) is 5.73. The molecule has 19 heavy (non-hydrogen) atoms. The summed E-state index contributed by atoms with van der Waals surface area (Å²) in [7, 11) is 3.19. The number of aromatic nitrogens is 1. The highest BCUT2D eigenvalue weighted by Gasteiger charge is 2.14. The standard InChI is InChI=1S/C13H15ClN2O2S/c1-8(13-15-4-5-19-13)16-10-6-9(14)11(17-2)7-12(10)18-3/h4-8,16H,1-3H3. The first-order chi connectivity index (χ1) is 9.15. The molecule has 4 nitrogen and oxygen atoms in total. The van der Waals surface area contributed by atoms with Crippen molar-refractivity contribution in [2.24, 2.45) is 0 Å². The summed E-state index contributed by atoms with van der Waals surface area (Å²) in [4.78, 5) is 4.28. The average Bonchev–Trinajstić information content (AvgIpc) is 2.93. The minimum Gasteiger partial charge on any atom is -0.495 e. The van der Waals surface area contributed by atoms with E-state index in [-0.39, 0.29) is 6.04 Å². The molecule has 1 aromatic heterocycles. The van der Waals surface area contributed by atoms with Crippen LogP contribution in [0.2, 0.25) is 5.02 Å². The molecular weight excluding hydrogens is 284 g/mol. The van der Waals surface area contributed by atoms with E-state index in [0.717, 1.165) is 10.7 Å². The molecule has 1 aromatic carbocycles. The van der Waals surface area contributed by atoms with Crippen LogP contribution in [0.1, 0.15) is 18.0 Å². The smallest absolute Gasteiger partial charge is 0.145 e. The van der Waals surface area contributed by atoms with Gasteiger partial charge >= 0.3 is 0 Å². The Morgan fingerprint density at radius 2 is 2.00 bits per heavy atom. The van der Waals surface area contributed by atoms with Gasteiger partial charge in [-0.05, 0) is 13.0 Å². The van der Waals surface area contributed by atoms with Crippen molar-refractivity contribution in [3.63, 3.8) is 0 Å². The SMILES string of the molecule is COc1cc(OC)c(NC(C)c2nccs2)cc1Cl. The summed E-state index contributed by atoms with van der Waals surface area (Å²) in [6.45, 7) is 2.04. The molecule has 2 aromatic rings. The summed E-state index contributed by atoms with van der Waals surface area (Å²) in [6.07, 6.45) is 1.79. The number of rotatable bonds is 5. The molecule has 0 bridgehead atoms. The van der Waals surface area contributed by atoms with Crippen LogP contribution in [0.3, 0.4) is 0 Å². The molecule has 2 rings (SSSR count). The maximum Gasteiger partial charge on any atom is 0.145 e. The summed E-state index contributed by atoms with van der Waals surface area (Å²) in [5, 5.41) is 6.84. The number of anilines is 1. The van der Waals surface area contributed by atoms with Gasteiger partial charge in [-0.3, -0.25) is 0 Å². The fourth-order valence-corrected chi connectivity index (χ4v) is 2.60. The van der Waals surface area contributed by atoms with Crippen LogP contribution in [-0.4, -0.2) is 19.2 Å². The van der Waals surface area contributed by atoms with Crippen molar-refractivity contribution in [1.82, 2.24) is 4.98 Å². The van der Waals surface area contributed by atoms with Crippen LogP contribution in [0.4, 0.5) is 5.69 Å².